The van der Waals surface area contributed by atoms with Gasteiger partial charge in [0, 0.05) is 31.0 Å². The van der Waals surface area contributed by atoms with Crippen LogP contribution in [-0.2, 0) is 9.59 Å². The van der Waals surface area contributed by atoms with E-state index in [0.29, 0.717) is 6.54 Å². The van der Waals surface area contributed by atoms with Crippen LogP contribution in [0.15, 0.2) is 0 Å². The fourth-order valence-electron chi connectivity index (χ4n) is 3.65. The second kappa shape index (κ2) is 3.54. The Morgan fingerprint density at radius 3 is 2.33 bits per heavy atom. The molecule has 1 saturated carbocycles. The summed E-state index contributed by atoms with van der Waals surface area (Å²) in [5.74, 6) is -0.0635. The summed E-state index contributed by atoms with van der Waals surface area (Å²) in [6.07, 6.45) is 0.967. The normalized spacial score (nSPS) is 44.7. The third-order valence-electron chi connectivity index (χ3n) is 5.19. The van der Waals surface area contributed by atoms with Crippen molar-refractivity contribution < 1.29 is 9.59 Å². The lowest BCUT2D eigenvalue weighted by atomic mass is 9.64. The second-order valence-electron chi connectivity index (χ2n) is 6.78. The van der Waals surface area contributed by atoms with E-state index in [1.165, 1.54) is 0 Å². The Labute approximate surface area is 107 Å². The number of nitrogens with two attached hydrogens (primary N) is 1. The molecule has 1 aliphatic carbocycles. The van der Waals surface area contributed by atoms with Crippen LogP contribution >= 0.6 is 0 Å². The molecule has 2 saturated heterocycles. The van der Waals surface area contributed by atoms with Crippen LogP contribution in [0.5, 0.6) is 0 Å². The number of nitrogens with one attached hydrogen (secondary N) is 2. The average Bonchev–Trinajstić information content (AvgIpc) is 2.75. The van der Waals surface area contributed by atoms with Crippen molar-refractivity contribution in [1.29, 1.82) is 0 Å². The quantitative estimate of drug-likeness (QED) is 0.617. The standard InChI is InChI=1S/C13H21N3O2/c1-12(2)3-7(12)9(17)10-13(6-16-10)5-15-4-8(13)11(14)18/h7-8,10,15-16H,3-6H2,1-2H3,(H2,14,18)/t7-,8?,10?,13?/m1/s1. The van der Waals surface area contributed by atoms with Crippen LogP contribution in [-0.4, -0.2) is 37.4 Å². The Kier molecular flexibility index (Phi) is 2.38. The molecule has 0 bridgehead atoms. The summed E-state index contributed by atoms with van der Waals surface area (Å²) in [5, 5.41) is 6.44. The molecule has 1 amide bonds. The van der Waals surface area contributed by atoms with Crippen LogP contribution in [0.25, 0.3) is 0 Å². The number of hydrogen-bond acceptors (Lipinski definition) is 4. The van der Waals surface area contributed by atoms with Gasteiger partial charge in [-0.2, -0.15) is 0 Å². The zero-order valence-corrected chi connectivity index (χ0v) is 11.0. The van der Waals surface area contributed by atoms with Crippen LogP contribution in [0.4, 0.5) is 0 Å². The molecule has 2 aliphatic heterocycles. The smallest absolute Gasteiger partial charge is 0.222 e. The first kappa shape index (κ1) is 12.1. The van der Waals surface area contributed by atoms with Gasteiger partial charge in [0.2, 0.25) is 5.91 Å². The third kappa shape index (κ3) is 1.47. The molecule has 4 N–H and O–H groups in total. The summed E-state index contributed by atoms with van der Waals surface area (Å²) in [6.45, 7) is 6.29. The van der Waals surface area contributed by atoms with Gasteiger partial charge in [-0.05, 0) is 11.8 Å². The summed E-state index contributed by atoms with van der Waals surface area (Å²) >= 11 is 0. The van der Waals surface area contributed by atoms with Gasteiger partial charge in [-0.1, -0.05) is 13.8 Å². The van der Waals surface area contributed by atoms with E-state index in [4.69, 9.17) is 5.73 Å². The van der Waals surface area contributed by atoms with Crippen LogP contribution in [0.3, 0.4) is 0 Å². The molecule has 3 aliphatic rings. The van der Waals surface area contributed by atoms with Gasteiger partial charge < -0.3 is 16.4 Å². The molecule has 5 heteroatoms. The van der Waals surface area contributed by atoms with Crippen LogP contribution < -0.4 is 16.4 Å². The molecule has 3 rings (SSSR count). The van der Waals surface area contributed by atoms with E-state index in [9.17, 15) is 9.59 Å². The highest BCUT2D eigenvalue weighted by molar-refractivity contribution is 5.92. The lowest BCUT2D eigenvalue weighted by molar-refractivity contribution is -0.136. The highest BCUT2D eigenvalue weighted by Gasteiger charge is 2.63. The van der Waals surface area contributed by atoms with Crippen molar-refractivity contribution in [3.05, 3.63) is 0 Å². The summed E-state index contributed by atoms with van der Waals surface area (Å²) in [7, 11) is 0. The number of carbonyl (C=O) groups is 2. The van der Waals surface area contributed by atoms with Crippen molar-refractivity contribution in [2.75, 3.05) is 19.6 Å². The predicted octanol–water partition coefficient (Wildman–Crippen LogP) is -0.735. The molecular weight excluding hydrogens is 230 g/mol. The summed E-state index contributed by atoms with van der Waals surface area (Å²) in [4.78, 5) is 24.0. The Balaban J connectivity index is 1.79. The highest BCUT2D eigenvalue weighted by Crippen LogP contribution is 2.55. The summed E-state index contributed by atoms with van der Waals surface area (Å²) in [5.41, 5.74) is 5.35. The Hall–Kier alpha value is -0.940. The Morgan fingerprint density at radius 1 is 1.22 bits per heavy atom. The molecule has 0 aromatic carbocycles. The minimum Gasteiger partial charge on any atom is -0.369 e. The molecule has 3 fully saturated rings. The third-order valence-corrected chi connectivity index (χ3v) is 5.19. The molecule has 2 heterocycles. The number of primary amides is 1. The number of carbonyl (C=O) groups excluding carboxylic acids is 2. The largest absolute Gasteiger partial charge is 0.369 e. The van der Waals surface area contributed by atoms with E-state index in [0.717, 1.165) is 19.5 Å². The first-order valence-corrected chi connectivity index (χ1v) is 6.66. The van der Waals surface area contributed by atoms with Gasteiger partial charge in [0.15, 0.2) is 5.78 Å². The van der Waals surface area contributed by atoms with E-state index in [-0.39, 0.29) is 40.4 Å². The fraction of sp³-hybridized carbons (Fsp3) is 0.846. The molecule has 0 radical (unpaired) electrons. The molecule has 5 nitrogen and oxygen atoms in total. The first-order chi connectivity index (χ1) is 8.38. The molecule has 18 heavy (non-hydrogen) atoms. The van der Waals surface area contributed by atoms with Gasteiger partial charge in [-0.3, -0.25) is 9.59 Å². The lowest BCUT2D eigenvalue weighted by Gasteiger charge is -2.49. The highest BCUT2D eigenvalue weighted by atomic mass is 16.1. The molecule has 4 atom stereocenters. The second-order valence-corrected chi connectivity index (χ2v) is 6.78. The molecule has 0 aromatic rings. The van der Waals surface area contributed by atoms with Crippen molar-refractivity contribution >= 4 is 11.7 Å². The monoisotopic (exact) mass is 251 g/mol. The van der Waals surface area contributed by atoms with Crippen molar-refractivity contribution in [2.24, 2.45) is 28.4 Å². The van der Waals surface area contributed by atoms with Gasteiger partial charge in [0.05, 0.1) is 12.0 Å². The molecule has 100 valence electrons. The van der Waals surface area contributed by atoms with Gasteiger partial charge in [0.25, 0.3) is 0 Å². The van der Waals surface area contributed by atoms with E-state index in [2.05, 4.69) is 24.5 Å². The molecular formula is C13H21N3O2. The number of Topliss-reactive ketones (excluding diaryl/α,β-unsaturated/α-hetero) is 1. The van der Waals surface area contributed by atoms with E-state index >= 15 is 0 Å². The van der Waals surface area contributed by atoms with Gasteiger partial charge >= 0.3 is 0 Å². The maximum atomic E-state index is 12.5. The fourth-order valence-corrected chi connectivity index (χ4v) is 3.65. The summed E-state index contributed by atoms with van der Waals surface area (Å²) in [6, 6.07) is -0.184. The number of rotatable bonds is 3. The van der Waals surface area contributed by atoms with Crippen LogP contribution in [0, 0.1) is 22.7 Å². The molecule has 0 aromatic heterocycles. The Bertz CT molecular complexity index is 420. The lowest BCUT2D eigenvalue weighted by Crippen LogP contribution is -2.71. The number of amides is 1. The minimum absolute atomic E-state index is 0.143. The van der Waals surface area contributed by atoms with E-state index < -0.39 is 0 Å². The average molecular weight is 251 g/mol. The van der Waals surface area contributed by atoms with Crippen molar-refractivity contribution in [2.45, 2.75) is 26.3 Å². The number of hydrogen-bond donors (Lipinski definition) is 3. The topological polar surface area (TPSA) is 84.2 Å². The molecule has 1 spiro atoms. The summed E-state index contributed by atoms with van der Waals surface area (Å²) < 4.78 is 0. The van der Waals surface area contributed by atoms with Gasteiger partial charge in [0.1, 0.15) is 0 Å². The Morgan fingerprint density at radius 2 is 1.89 bits per heavy atom. The zero-order chi connectivity index (χ0) is 13.1. The number of ketones is 1. The van der Waals surface area contributed by atoms with Gasteiger partial charge in [-0.25, -0.2) is 0 Å². The van der Waals surface area contributed by atoms with E-state index in [1.54, 1.807) is 0 Å². The predicted molar refractivity (Wildman–Crippen MR) is 66.7 cm³/mol. The SMILES string of the molecule is CC1(C)C[C@@H]1C(=O)C1NCC12CNCC2C(N)=O. The van der Waals surface area contributed by atoms with Crippen molar-refractivity contribution in [3.8, 4) is 0 Å². The van der Waals surface area contributed by atoms with Gasteiger partial charge in [-0.15, -0.1) is 0 Å². The van der Waals surface area contributed by atoms with Crippen LogP contribution in [0.1, 0.15) is 20.3 Å². The maximum Gasteiger partial charge on any atom is 0.222 e. The minimum atomic E-state index is -0.283. The first-order valence-electron chi connectivity index (χ1n) is 6.66. The zero-order valence-electron chi connectivity index (χ0n) is 11.0. The maximum absolute atomic E-state index is 12.5. The van der Waals surface area contributed by atoms with E-state index in [1.807, 2.05) is 0 Å². The van der Waals surface area contributed by atoms with Crippen molar-refractivity contribution in [1.82, 2.24) is 10.6 Å². The van der Waals surface area contributed by atoms with Crippen molar-refractivity contribution in [3.63, 3.8) is 0 Å². The van der Waals surface area contributed by atoms with Crippen LogP contribution in [0.2, 0.25) is 0 Å². The molecule has 3 unspecified atom stereocenters.